The van der Waals surface area contributed by atoms with Crippen molar-refractivity contribution in [1.82, 2.24) is 25.1 Å². The van der Waals surface area contributed by atoms with Gasteiger partial charge < -0.3 is 19.9 Å². The number of likely N-dealkylation sites (N-methyl/N-ethyl adjacent to an activating group) is 1. The molecule has 1 N–H and O–H groups in total. The van der Waals surface area contributed by atoms with Crippen LogP contribution in [0, 0.1) is 0 Å². The predicted molar refractivity (Wildman–Crippen MR) is 131 cm³/mol. The Kier molecular flexibility index (Phi) is 7.69. The number of para-hydroxylation sites is 1. The molecule has 0 saturated carbocycles. The Labute approximate surface area is 202 Å². The molecular weight excluding hydrogens is 462 g/mol. The first-order valence-corrected chi connectivity index (χ1v) is 12.1. The van der Waals surface area contributed by atoms with Crippen LogP contribution in [0.5, 0.6) is 5.75 Å². The van der Waals surface area contributed by atoms with Crippen molar-refractivity contribution in [3.8, 4) is 11.4 Å². The maximum atomic E-state index is 12.8. The lowest BCUT2D eigenvalue weighted by Crippen LogP contribution is -2.46. The summed E-state index contributed by atoms with van der Waals surface area (Å²) in [6.07, 6.45) is 0. The molecule has 1 fully saturated rings. The fourth-order valence-electron chi connectivity index (χ4n) is 3.70. The van der Waals surface area contributed by atoms with Gasteiger partial charge in [-0.15, -0.1) is 5.10 Å². The number of hydrogen-bond donors (Lipinski definition) is 1. The molecule has 1 aliphatic heterocycles. The van der Waals surface area contributed by atoms with E-state index in [-0.39, 0.29) is 11.7 Å². The number of nitrogens with one attached hydrogen (secondary N) is 1. The Bertz CT molecular complexity index is 1080. The first kappa shape index (κ1) is 23.3. The summed E-state index contributed by atoms with van der Waals surface area (Å²) in [5.74, 6) is 0.750. The summed E-state index contributed by atoms with van der Waals surface area (Å²) in [5, 5.41) is 16.0. The number of carbonyl (C=O) groups is 1. The van der Waals surface area contributed by atoms with Crippen LogP contribution >= 0.6 is 23.4 Å². The standard InChI is InChI=1S/C22H26ClN7O2S/c1-3-28-11-13-29(14-12-28)21-18(23)5-4-6-19(21)24-20(31)15-33-22-25-26-27-30(22)16-7-9-17(32-2)10-8-16/h4-10H,3,11-15H2,1-2H3,(H,24,31). The SMILES string of the molecule is CCN1CCN(c2c(Cl)cccc2NC(=O)CSc2nnnn2-c2ccc(OC)cc2)CC1. The van der Waals surface area contributed by atoms with E-state index in [2.05, 4.69) is 37.6 Å². The van der Waals surface area contributed by atoms with Crippen LogP contribution in [0.3, 0.4) is 0 Å². The number of aromatic nitrogens is 4. The van der Waals surface area contributed by atoms with Gasteiger partial charge in [0.1, 0.15) is 5.75 Å². The molecule has 174 valence electrons. The largest absolute Gasteiger partial charge is 0.497 e. The number of thioether (sulfide) groups is 1. The number of piperazine rings is 1. The smallest absolute Gasteiger partial charge is 0.234 e. The molecule has 0 aliphatic carbocycles. The third kappa shape index (κ3) is 5.58. The Morgan fingerprint density at radius 3 is 2.61 bits per heavy atom. The minimum Gasteiger partial charge on any atom is -0.497 e. The Balaban J connectivity index is 1.41. The zero-order valence-corrected chi connectivity index (χ0v) is 20.1. The number of carbonyl (C=O) groups excluding carboxylic acids is 1. The van der Waals surface area contributed by atoms with Crippen molar-refractivity contribution in [2.45, 2.75) is 12.1 Å². The van der Waals surface area contributed by atoms with Crippen molar-refractivity contribution in [2.75, 3.05) is 55.8 Å². The van der Waals surface area contributed by atoms with Crippen LogP contribution in [0.4, 0.5) is 11.4 Å². The summed E-state index contributed by atoms with van der Waals surface area (Å²) in [4.78, 5) is 17.4. The number of tetrazole rings is 1. The molecule has 2 aromatic carbocycles. The van der Waals surface area contributed by atoms with Crippen molar-refractivity contribution in [3.05, 3.63) is 47.5 Å². The summed E-state index contributed by atoms with van der Waals surface area (Å²) < 4.78 is 6.78. The van der Waals surface area contributed by atoms with Gasteiger partial charge in [0.25, 0.3) is 0 Å². The Morgan fingerprint density at radius 1 is 1.15 bits per heavy atom. The summed E-state index contributed by atoms with van der Waals surface area (Å²) in [5.41, 5.74) is 2.37. The van der Waals surface area contributed by atoms with Gasteiger partial charge in [-0.3, -0.25) is 4.79 Å². The third-order valence-corrected chi connectivity index (χ3v) is 6.71. The zero-order chi connectivity index (χ0) is 23.2. The van der Waals surface area contributed by atoms with Crippen molar-refractivity contribution in [1.29, 1.82) is 0 Å². The minimum absolute atomic E-state index is 0.153. The van der Waals surface area contributed by atoms with E-state index in [0.29, 0.717) is 15.9 Å². The Hall–Kier alpha value is -2.82. The van der Waals surface area contributed by atoms with E-state index in [1.54, 1.807) is 11.8 Å². The van der Waals surface area contributed by atoms with Crippen LogP contribution in [-0.2, 0) is 4.79 Å². The number of rotatable bonds is 8. The van der Waals surface area contributed by atoms with Crippen LogP contribution in [0.2, 0.25) is 5.02 Å². The quantitative estimate of drug-likeness (QED) is 0.484. The Morgan fingerprint density at radius 2 is 1.91 bits per heavy atom. The van der Waals surface area contributed by atoms with E-state index in [1.165, 1.54) is 11.8 Å². The van der Waals surface area contributed by atoms with Crippen LogP contribution in [0.1, 0.15) is 6.92 Å². The number of anilines is 2. The molecule has 9 nitrogen and oxygen atoms in total. The van der Waals surface area contributed by atoms with Crippen LogP contribution < -0.4 is 15.0 Å². The zero-order valence-electron chi connectivity index (χ0n) is 18.6. The summed E-state index contributed by atoms with van der Waals surface area (Å²) in [6.45, 7) is 6.88. The van der Waals surface area contributed by atoms with Gasteiger partial charge in [-0.2, -0.15) is 4.68 Å². The summed E-state index contributed by atoms with van der Waals surface area (Å²) >= 11 is 7.80. The van der Waals surface area contributed by atoms with Gasteiger partial charge in [-0.05, 0) is 53.4 Å². The number of ether oxygens (including phenoxy) is 1. The maximum Gasteiger partial charge on any atom is 0.234 e. The second kappa shape index (κ2) is 10.9. The molecule has 1 saturated heterocycles. The van der Waals surface area contributed by atoms with Gasteiger partial charge >= 0.3 is 0 Å². The normalized spacial score (nSPS) is 14.3. The average molecular weight is 488 g/mol. The van der Waals surface area contributed by atoms with Crippen LogP contribution in [0.15, 0.2) is 47.6 Å². The van der Waals surface area contributed by atoms with Gasteiger partial charge in [0.05, 0.1) is 34.9 Å². The maximum absolute atomic E-state index is 12.8. The van der Waals surface area contributed by atoms with E-state index in [9.17, 15) is 4.79 Å². The lowest BCUT2D eigenvalue weighted by molar-refractivity contribution is -0.113. The molecule has 0 spiro atoms. The topological polar surface area (TPSA) is 88.4 Å². The number of hydrogen-bond acceptors (Lipinski definition) is 8. The minimum atomic E-state index is -0.153. The average Bonchev–Trinajstić information content (AvgIpc) is 3.32. The van der Waals surface area contributed by atoms with Crippen LogP contribution in [-0.4, -0.2) is 76.6 Å². The molecule has 0 bridgehead atoms. The molecule has 0 atom stereocenters. The molecule has 4 rings (SSSR count). The van der Waals surface area contributed by atoms with Gasteiger partial charge in [-0.25, -0.2) is 0 Å². The predicted octanol–water partition coefficient (Wildman–Crippen LogP) is 3.20. The molecule has 3 aromatic rings. The van der Waals surface area contributed by atoms with Gasteiger partial charge in [0.15, 0.2) is 0 Å². The molecule has 33 heavy (non-hydrogen) atoms. The van der Waals surface area contributed by atoms with Crippen molar-refractivity contribution < 1.29 is 9.53 Å². The molecular formula is C22H26ClN7O2S. The van der Waals surface area contributed by atoms with Gasteiger partial charge in [0, 0.05) is 26.2 Å². The highest BCUT2D eigenvalue weighted by Gasteiger charge is 2.21. The molecule has 1 aromatic heterocycles. The van der Waals surface area contributed by atoms with Crippen molar-refractivity contribution in [2.24, 2.45) is 0 Å². The summed E-state index contributed by atoms with van der Waals surface area (Å²) in [7, 11) is 1.61. The first-order chi connectivity index (χ1) is 16.1. The number of amides is 1. The van der Waals surface area contributed by atoms with E-state index in [4.69, 9.17) is 16.3 Å². The van der Waals surface area contributed by atoms with Crippen molar-refractivity contribution >= 4 is 40.6 Å². The highest BCUT2D eigenvalue weighted by Crippen LogP contribution is 2.35. The molecule has 0 radical (unpaired) electrons. The van der Waals surface area contributed by atoms with E-state index >= 15 is 0 Å². The lowest BCUT2D eigenvalue weighted by Gasteiger charge is -2.36. The second-order valence-electron chi connectivity index (χ2n) is 7.47. The number of methoxy groups -OCH3 is 1. The molecule has 0 unspecified atom stereocenters. The first-order valence-electron chi connectivity index (χ1n) is 10.7. The van der Waals surface area contributed by atoms with Gasteiger partial charge in [-0.1, -0.05) is 36.4 Å². The highest BCUT2D eigenvalue weighted by molar-refractivity contribution is 7.99. The fraction of sp³-hybridized carbons (Fsp3) is 0.364. The lowest BCUT2D eigenvalue weighted by atomic mass is 10.2. The van der Waals surface area contributed by atoms with Gasteiger partial charge in [0.2, 0.25) is 11.1 Å². The summed E-state index contributed by atoms with van der Waals surface area (Å²) in [6, 6.07) is 13.0. The van der Waals surface area contributed by atoms with E-state index in [1.807, 2.05) is 42.5 Å². The molecule has 11 heteroatoms. The number of halogens is 1. The van der Waals surface area contributed by atoms with E-state index in [0.717, 1.165) is 49.8 Å². The number of benzene rings is 2. The van der Waals surface area contributed by atoms with Crippen molar-refractivity contribution in [3.63, 3.8) is 0 Å². The van der Waals surface area contributed by atoms with Crippen LogP contribution in [0.25, 0.3) is 5.69 Å². The molecule has 1 aliphatic rings. The number of nitrogens with zero attached hydrogens (tertiary/aromatic N) is 6. The second-order valence-corrected chi connectivity index (χ2v) is 8.82. The van der Waals surface area contributed by atoms with E-state index < -0.39 is 0 Å². The third-order valence-electron chi connectivity index (χ3n) is 5.49. The molecule has 1 amide bonds. The highest BCUT2D eigenvalue weighted by atomic mass is 35.5. The molecule has 2 heterocycles. The monoisotopic (exact) mass is 487 g/mol. The fourth-order valence-corrected chi connectivity index (χ4v) is 4.68.